The molecule has 0 spiro atoms. The predicted octanol–water partition coefficient (Wildman–Crippen LogP) is 12.8. The van der Waals surface area contributed by atoms with E-state index in [4.69, 9.17) is 9.79 Å². The van der Waals surface area contributed by atoms with E-state index in [1.165, 1.54) is 173 Å². The fourth-order valence-electron chi connectivity index (χ4n) is 6.70. The van der Waals surface area contributed by atoms with Crippen LogP contribution < -0.4 is 5.32 Å². The molecule has 0 saturated carbocycles. The molecule has 0 aromatic heterocycles. The first kappa shape index (κ1) is 49.3. The van der Waals surface area contributed by atoms with Gasteiger partial charge in [-0.15, -0.1) is 0 Å². The van der Waals surface area contributed by atoms with Crippen LogP contribution in [-0.4, -0.2) is 39.6 Å². The Bertz CT molecular complexity index is 788. The number of amides is 1. The molecule has 1 amide bonds. The summed E-state index contributed by atoms with van der Waals surface area (Å²) in [6.07, 6.45) is 45.2. The molecule has 0 aliphatic heterocycles. The smallest absolute Gasteiger partial charge is 0.387 e. The van der Waals surface area contributed by atoms with Crippen LogP contribution >= 0.6 is 7.82 Å². The second-order valence-corrected chi connectivity index (χ2v) is 16.3. The average molecular weight is 730 g/mol. The lowest BCUT2D eigenvalue weighted by molar-refractivity contribution is -0.123. The van der Waals surface area contributed by atoms with E-state index in [1.807, 2.05) is 6.08 Å². The Kier molecular flexibility index (Phi) is 37.5. The van der Waals surface area contributed by atoms with Gasteiger partial charge in [0.1, 0.15) is 0 Å². The number of aliphatic hydroxyl groups is 1. The third kappa shape index (κ3) is 38.5. The number of rotatable bonds is 40. The molecule has 0 aliphatic rings. The van der Waals surface area contributed by atoms with Crippen molar-refractivity contribution >= 4 is 13.7 Å². The van der Waals surface area contributed by atoms with Crippen LogP contribution in [0.3, 0.4) is 0 Å². The molecule has 0 aromatic rings. The summed E-state index contributed by atoms with van der Waals surface area (Å²) < 4.78 is 15.9. The number of carbonyl (C=O) groups is 1. The van der Waals surface area contributed by atoms with Crippen LogP contribution in [0.4, 0.5) is 0 Å². The van der Waals surface area contributed by atoms with Gasteiger partial charge >= 0.3 is 7.82 Å². The predicted molar refractivity (Wildman–Crippen MR) is 213 cm³/mol. The first-order chi connectivity index (χ1) is 24.3. The van der Waals surface area contributed by atoms with Crippen molar-refractivity contribution in [2.75, 3.05) is 6.61 Å². The molecular weight excluding hydrogens is 645 g/mol. The summed E-state index contributed by atoms with van der Waals surface area (Å²) in [7, 11) is -4.71. The Labute approximate surface area is 310 Å². The minimum Gasteiger partial charge on any atom is -0.387 e. The number of unbranched alkanes of at least 4 members (excludes halogenated alkanes) is 31. The van der Waals surface area contributed by atoms with Gasteiger partial charge in [0.05, 0.1) is 18.8 Å². The van der Waals surface area contributed by atoms with Gasteiger partial charge in [-0.1, -0.05) is 219 Å². The van der Waals surface area contributed by atoms with E-state index < -0.39 is 26.6 Å². The van der Waals surface area contributed by atoms with Crippen molar-refractivity contribution in [1.82, 2.24) is 5.32 Å². The van der Waals surface area contributed by atoms with Gasteiger partial charge in [-0.25, -0.2) is 4.57 Å². The maximum atomic E-state index is 12.6. The van der Waals surface area contributed by atoms with Crippen LogP contribution in [0, 0.1) is 0 Å². The lowest BCUT2D eigenvalue weighted by Crippen LogP contribution is -2.45. The second kappa shape index (κ2) is 38.0. The number of phosphoric acid groups is 1. The normalized spacial score (nSPS) is 13.3. The molecule has 0 heterocycles. The number of aliphatic hydroxyl groups excluding tert-OH is 1. The van der Waals surface area contributed by atoms with Crippen molar-refractivity contribution in [3.63, 3.8) is 0 Å². The molecule has 8 heteroatoms. The highest BCUT2D eigenvalue weighted by atomic mass is 31.2. The van der Waals surface area contributed by atoms with Gasteiger partial charge < -0.3 is 20.2 Å². The molecule has 298 valence electrons. The molecule has 50 heavy (non-hydrogen) atoms. The Hall–Kier alpha value is -0.720. The number of carbonyl (C=O) groups excluding carboxylic acids is 1. The van der Waals surface area contributed by atoms with E-state index in [2.05, 4.69) is 23.7 Å². The Morgan fingerprint density at radius 1 is 0.560 bits per heavy atom. The summed E-state index contributed by atoms with van der Waals surface area (Å²) in [6, 6.07) is -0.904. The Balaban J connectivity index is 3.87. The molecule has 0 saturated heterocycles. The first-order valence-corrected chi connectivity index (χ1v) is 23.2. The van der Waals surface area contributed by atoms with Crippen molar-refractivity contribution in [3.8, 4) is 0 Å². The molecular formula is C42H84NO6P. The Morgan fingerprint density at radius 3 is 1.22 bits per heavy atom. The summed E-state index contributed by atoms with van der Waals surface area (Å²) >= 11 is 0. The fourth-order valence-corrected chi connectivity index (χ4v) is 7.05. The van der Waals surface area contributed by atoms with Gasteiger partial charge in [-0.3, -0.25) is 9.32 Å². The molecule has 0 aromatic carbocycles. The molecule has 7 nitrogen and oxygen atoms in total. The standard InChI is InChI=1S/C42H84NO6P/c1-3-5-7-9-11-13-15-17-18-19-20-21-22-23-24-26-28-30-32-34-36-38-42(45)43-40(39-49-50(46,47)48)41(44)37-35-33-31-29-27-25-16-14-12-10-8-6-4-2/h35,37,40-41,44H,3-34,36,38-39H2,1-2H3,(H,43,45)(H2,46,47,48)/b37-35+/t40-,41+/m0/s1. The summed E-state index contributed by atoms with van der Waals surface area (Å²) in [5.74, 6) is -0.222. The van der Waals surface area contributed by atoms with Gasteiger partial charge in [-0.05, 0) is 19.3 Å². The van der Waals surface area contributed by atoms with Gasteiger partial charge in [0, 0.05) is 6.42 Å². The zero-order valence-electron chi connectivity index (χ0n) is 33.1. The van der Waals surface area contributed by atoms with Crippen molar-refractivity contribution in [1.29, 1.82) is 0 Å². The summed E-state index contributed by atoms with van der Waals surface area (Å²) in [5.41, 5.74) is 0. The SMILES string of the molecule is CCCCCCCCCCCCC/C=C/[C@@H](O)[C@H](COP(=O)(O)O)NC(=O)CCCCCCCCCCCCCCCCCCCCCCC. The fraction of sp³-hybridized carbons (Fsp3) is 0.929. The van der Waals surface area contributed by atoms with Crippen LogP contribution in [0.1, 0.15) is 232 Å². The van der Waals surface area contributed by atoms with Gasteiger partial charge in [0.2, 0.25) is 5.91 Å². The molecule has 0 unspecified atom stereocenters. The van der Waals surface area contributed by atoms with Crippen LogP contribution in [0.15, 0.2) is 12.2 Å². The molecule has 0 bridgehead atoms. The number of hydrogen-bond acceptors (Lipinski definition) is 4. The summed E-state index contributed by atoms with van der Waals surface area (Å²) in [4.78, 5) is 30.9. The summed E-state index contributed by atoms with van der Waals surface area (Å²) in [5, 5.41) is 13.4. The number of hydrogen-bond donors (Lipinski definition) is 4. The van der Waals surface area contributed by atoms with E-state index in [0.717, 1.165) is 38.5 Å². The zero-order valence-corrected chi connectivity index (χ0v) is 34.0. The molecule has 4 N–H and O–H groups in total. The molecule has 0 radical (unpaired) electrons. The van der Waals surface area contributed by atoms with E-state index in [1.54, 1.807) is 6.08 Å². The zero-order chi connectivity index (χ0) is 36.8. The highest BCUT2D eigenvalue weighted by molar-refractivity contribution is 7.46. The molecule has 0 rings (SSSR count). The number of allylic oxidation sites excluding steroid dienone is 1. The quantitative estimate of drug-likeness (QED) is 0.0283. The highest BCUT2D eigenvalue weighted by Crippen LogP contribution is 2.35. The third-order valence-corrected chi connectivity index (χ3v) is 10.5. The van der Waals surface area contributed by atoms with Gasteiger partial charge in [-0.2, -0.15) is 0 Å². The van der Waals surface area contributed by atoms with Crippen LogP contribution in [0.5, 0.6) is 0 Å². The average Bonchev–Trinajstić information content (AvgIpc) is 3.08. The molecule has 0 aliphatic carbocycles. The largest absolute Gasteiger partial charge is 0.469 e. The lowest BCUT2D eigenvalue weighted by atomic mass is 10.0. The third-order valence-electron chi connectivity index (χ3n) is 10.00. The van der Waals surface area contributed by atoms with E-state index >= 15 is 0 Å². The second-order valence-electron chi connectivity index (χ2n) is 15.0. The maximum Gasteiger partial charge on any atom is 0.469 e. The maximum absolute atomic E-state index is 12.6. The minimum atomic E-state index is -4.71. The van der Waals surface area contributed by atoms with Crippen LogP contribution in [0.25, 0.3) is 0 Å². The lowest BCUT2D eigenvalue weighted by Gasteiger charge is -2.22. The van der Waals surface area contributed by atoms with Crippen molar-refractivity contribution in [3.05, 3.63) is 12.2 Å². The van der Waals surface area contributed by atoms with E-state index in [0.29, 0.717) is 6.42 Å². The molecule has 2 atom stereocenters. The highest BCUT2D eigenvalue weighted by Gasteiger charge is 2.24. The van der Waals surface area contributed by atoms with Crippen molar-refractivity contribution < 1.29 is 28.8 Å². The monoisotopic (exact) mass is 730 g/mol. The van der Waals surface area contributed by atoms with Crippen molar-refractivity contribution in [2.24, 2.45) is 0 Å². The van der Waals surface area contributed by atoms with Crippen LogP contribution in [-0.2, 0) is 13.9 Å². The summed E-state index contributed by atoms with van der Waals surface area (Å²) in [6.45, 7) is 4.08. The van der Waals surface area contributed by atoms with Crippen LogP contribution in [0.2, 0.25) is 0 Å². The Morgan fingerprint density at radius 2 is 0.880 bits per heavy atom. The number of phosphoric ester groups is 1. The first-order valence-electron chi connectivity index (χ1n) is 21.6. The van der Waals surface area contributed by atoms with E-state index in [9.17, 15) is 14.5 Å². The van der Waals surface area contributed by atoms with Gasteiger partial charge in [0.25, 0.3) is 0 Å². The minimum absolute atomic E-state index is 0.222. The van der Waals surface area contributed by atoms with Crippen molar-refractivity contribution in [2.45, 2.75) is 244 Å². The molecule has 0 fully saturated rings. The number of nitrogens with one attached hydrogen (secondary N) is 1. The topological polar surface area (TPSA) is 116 Å². The van der Waals surface area contributed by atoms with Gasteiger partial charge in [0.15, 0.2) is 0 Å². The van der Waals surface area contributed by atoms with E-state index in [-0.39, 0.29) is 5.91 Å².